The molecule has 0 radical (unpaired) electrons. The molecule has 5 nitrogen and oxygen atoms in total. The molecule has 0 bridgehead atoms. The lowest BCUT2D eigenvalue weighted by atomic mass is 10.1. The van der Waals surface area contributed by atoms with Gasteiger partial charge in [-0.1, -0.05) is 0 Å². The van der Waals surface area contributed by atoms with Gasteiger partial charge < -0.3 is 24.4 Å². The van der Waals surface area contributed by atoms with Crippen LogP contribution in [0.3, 0.4) is 0 Å². The Labute approximate surface area is 77.2 Å². The van der Waals surface area contributed by atoms with Crippen LogP contribution < -0.4 is 0 Å². The highest BCUT2D eigenvalue weighted by Gasteiger charge is 2.43. The summed E-state index contributed by atoms with van der Waals surface area (Å²) in [5.74, 6) is 0. The van der Waals surface area contributed by atoms with E-state index < -0.39 is 18.5 Å². The van der Waals surface area contributed by atoms with Crippen LogP contribution in [-0.2, 0) is 14.2 Å². The number of aliphatic hydroxyl groups excluding tert-OH is 2. The Morgan fingerprint density at radius 3 is 2.46 bits per heavy atom. The summed E-state index contributed by atoms with van der Waals surface area (Å²) in [6.45, 7) is 0.00762. The molecule has 5 heteroatoms. The average molecular weight is 192 g/mol. The zero-order valence-electron chi connectivity index (χ0n) is 7.84. The topological polar surface area (TPSA) is 68.2 Å². The normalized spacial score (nSPS) is 39.7. The molecule has 0 saturated carbocycles. The highest BCUT2D eigenvalue weighted by molar-refractivity contribution is 4.87. The van der Waals surface area contributed by atoms with E-state index in [0.717, 1.165) is 0 Å². The van der Waals surface area contributed by atoms with Crippen molar-refractivity contribution in [2.45, 2.75) is 31.0 Å². The van der Waals surface area contributed by atoms with Crippen LogP contribution in [0.4, 0.5) is 0 Å². The summed E-state index contributed by atoms with van der Waals surface area (Å²) >= 11 is 0. The molecule has 0 amide bonds. The molecule has 0 aliphatic carbocycles. The Bertz CT molecular complexity index is 151. The van der Waals surface area contributed by atoms with Gasteiger partial charge in [0, 0.05) is 20.8 Å². The van der Waals surface area contributed by atoms with Crippen LogP contribution in [0.25, 0.3) is 0 Å². The van der Waals surface area contributed by atoms with Gasteiger partial charge in [-0.05, 0) is 6.42 Å². The molecule has 4 atom stereocenters. The highest BCUT2D eigenvalue weighted by Crippen LogP contribution is 2.25. The van der Waals surface area contributed by atoms with Gasteiger partial charge in [-0.25, -0.2) is 0 Å². The van der Waals surface area contributed by atoms with Gasteiger partial charge in [-0.3, -0.25) is 0 Å². The standard InChI is InChI=1S/C8H16O5/c1-11-7-5(3-4-9)13-8(12-2)6(7)10/h5-10H,3-4H2,1-2H3/t5-,6-,7+,8-/m1/s1. The molecular weight excluding hydrogens is 176 g/mol. The van der Waals surface area contributed by atoms with Gasteiger partial charge in [0.05, 0.1) is 6.10 Å². The minimum absolute atomic E-state index is 0.00762. The van der Waals surface area contributed by atoms with Crippen molar-refractivity contribution < 1.29 is 24.4 Å². The summed E-state index contributed by atoms with van der Waals surface area (Å²) in [7, 11) is 2.96. The molecule has 1 saturated heterocycles. The van der Waals surface area contributed by atoms with Crippen molar-refractivity contribution in [2.24, 2.45) is 0 Å². The molecule has 0 aromatic carbocycles. The van der Waals surface area contributed by atoms with E-state index in [9.17, 15) is 5.11 Å². The van der Waals surface area contributed by atoms with Crippen LogP contribution in [0.2, 0.25) is 0 Å². The second kappa shape index (κ2) is 4.88. The lowest BCUT2D eigenvalue weighted by Gasteiger charge is -2.16. The molecule has 13 heavy (non-hydrogen) atoms. The first kappa shape index (κ1) is 10.9. The summed E-state index contributed by atoms with van der Waals surface area (Å²) in [5, 5.41) is 18.3. The van der Waals surface area contributed by atoms with E-state index in [1.165, 1.54) is 14.2 Å². The maximum Gasteiger partial charge on any atom is 0.186 e. The molecule has 1 heterocycles. The summed E-state index contributed by atoms with van der Waals surface area (Å²) in [4.78, 5) is 0. The average Bonchev–Trinajstić information content (AvgIpc) is 2.43. The maximum absolute atomic E-state index is 9.59. The molecule has 0 aromatic rings. The number of aliphatic hydroxyl groups is 2. The van der Waals surface area contributed by atoms with Gasteiger partial charge in [0.1, 0.15) is 12.2 Å². The van der Waals surface area contributed by atoms with Crippen molar-refractivity contribution in [1.29, 1.82) is 0 Å². The summed E-state index contributed by atoms with van der Waals surface area (Å²) in [6.07, 6.45) is -1.71. The van der Waals surface area contributed by atoms with E-state index in [0.29, 0.717) is 6.42 Å². The Kier molecular flexibility index (Phi) is 4.08. The van der Waals surface area contributed by atoms with Gasteiger partial charge in [0.15, 0.2) is 6.29 Å². The monoisotopic (exact) mass is 192 g/mol. The van der Waals surface area contributed by atoms with Crippen molar-refractivity contribution in [2.75, 3.05) is 20.8 Å². The maximum atomic E-state index is 9.59. The van der Waals surface area contributed by atoms with E-state index in [2.05, 4.69) is 0 Å². The molecule has 78 valence electrons. The number of methoxy groups -OCH3 is 2. The Hall–Kier alpha value is -0.200. The lowest BCUT2D eigenvalue weighted by molar-refractivity contribution is -0.150. The first-order valence-electron chi connectivity index (χ1n) is 4.24. The van der Waals surface area contributed by atoms with Gasteiger partial charge in [-0.2, -0.15) is 0 Å². The number of rotatable bonds is 4. The fourth-order valence-electron chi connectivity index (χ4n) is 1.55. The SMILES string of the molecule is CO[C@@H]1O[C@H](CCO)[C@H](OC)[C@H]1O. The predicted molar refractivity (Wildman–Crippen MR) is 44.2 cm³/mol. The van der Waals surface area contributed by atoms with Crippen LogP contribution in [0.1, 0.15) is 6.42 Å². The minimum atomic E-state index is -0.786. The quantitative estimate of drug-likeness (QED) is 0.605. The Morgan fingerprint density at radius 2 is 2.00 bits per heavy atom. The molecule has 1 aliphatic rings. The van der Waals surface area contributed by atoms with E-state index in [4.69, 9.17) is 19.3 Å². The third kappa shape index (κ3) is 2.18. The molecule has 0 spiro atoms. The lowest BCUT2D eigenvalue weighted by Crippen LogP contribution is -2.35. The fourth-order valence-corrected chi connectivity index (χ4v) is 1.55. The number of hydrogen-bond donors (Lipinski definition) is 2. The molecule has 1 rings (SSSR count). The number of ether oxygens (including phenoxy) is 3. The van der Waals surface area contributed by atoms with Crippen molar-refractivity contribution in [1.82, 2.24) is 0 Å². The van der Waals surface area contributed by atoms with Crippen LogP contribution in [-0.4, -0.2) is 55.6 Å². The predicted octanol–water partition coefficient (Wildman–Crippen LogP) is -0.884. The smallest absolute Gasteiger partial charge is 0.186 e. The summed E-state index contributed by atoms with van der Waals surface area (Å²) in [5.41, 5.74) is 0. The van der Waals surface area contributed by atoms with Gasteiger partial charge >= 0.3 is 0 Å². The number of hydrogen-bond acceptors (Lipinski definition) is 5. The molecule has 0 aromatic heterocycles. The van der Waals surface area contributed by atoms with Crippen molar-refractivity contribution in [3.05, 3.63) is 0 Å². The molecule has 2 N–H and O–H groups in total. The van der Waals surface area contributed by atoms with E-state index in [1.807, 2.05) is 0 Å². The van der Waals surface area contributed by atoms with Crippen LogP contribution in [0.5, 0.6) is 0 Å². The minimum Gasteiger partial charge on any atom is -0.396 e. The summed E-state index contributed by atoms with van der Waals surface area (Å²) in [6, 6.07) is 0. The first-order chi connectivity index (χ1) is 6.24. The molecular formula is C8H16O5. The van der Waals surface area contributed by atoms with Gasteiger partial charge in [0.2, 0.25) is 0 Å². The van der Waals surface area contributed by atoms with Crippen LogP contribution in [0.15, 0.2) is 0 Å². The van der Waals surface area contributed by atoms with Crippen LogP contribution in [0, 0.1) is 0 Å². The fraction of sp³-hybridized carbons (Fsp3) is 1.00. The van der Waals surface area contributed by atoms with Crippen molar-refractivity contribution in [3.8, 4) is 0 Å². The van der Waals surface area contributed by atoms with Crippen molar-refractivity contribution >= 4 is 0 Å². The second-order valence-electron chi connectivity index (χ2n) is 2.98. The molecule has 0 unspecified atom stereocenters. The van der Waals surface area contributed by atoms with E-state index in [1.54, 1.807) is 0 Å². The zero-order chi connectivity index (χ0) is 9.84. The molecule has 1 aliphatic heterocycles. The second-order valence-corrected chi connectivity index (χ2v) is 2.98. The van der Waals surface area contributed by atoms with Gasteiger partial charge in [0.25, 0.3) is 0 Å². The van der Waals surface area contributed by atoms with Gasteiger partial charge in [-0.15, -0.1) is 0 Å². The van der Waals surface area contributed by atoms with Crippen molar-refractivity contribution in [3.63, 3.8) is 0 Å². The third-order valence-electron chi connectivity index (χ3n) is 2.21. The first-order valence-corrected chi connectivity index (χ1v) is 4.24. The highest BCUT2D eigenvalue weighted by atomic mass is 16.7. The molecule has 1 fully saturated rings. The third-order valence-corrected chi connectivity index (χ3v) is 2.21. The Balaban J connectivity index is 2.55. The largest absolute Gasteiger partial charge is 0.396 e. The van der Waals surface area contributed by atoms with E-state index >= 15 is 0 Å². The zero-order valence-corrected chi connectivity index (χ0v) is 7.84. The van der Waals surface area contributed by atoms with E-state index in [-0.39, 0.29) is 12.7 Å². The Morgan fingerprint density at radius 1 is 1.31 bits per heavy atom. The summed E-state index contributed by atoms with van der Waals surface area (Å²) < 4.78 is 15.3. The van der Waals surface area contributed by atoms with Crippen LogP contribution >= 0.6 is 0 Å².